The number of nitrogens with one attached hydrogen (secondary N) is 1. The van der Waals surface area contributed by atoms with Crippen LogP contribution < -0.4 is 10.5 Å². The fraction of sp³-hybridized carbons (Fsp3) is 0.909. The minimum Gasteiger partial charge on any atom is -0.356 e. The van der Waals surface area contributed by atoms with Crippen LogP contribution in [-0.2, 0) is 14.8 Å². The second-order valence-corrected chi connectivity index (χ2v) is 6.43. The minimum atomic E-state index is -3.40. The van der Waals surface area contributed by atoms with Gasteiger partial charge in [-0.15, -0.1) is 0 Å². The van der Waals surface area contributed by atoms with E-state index in [-0.39, 0.29) is 17.6 Å². The number of carbonyl (C=O) groups is 1. The molecule has 0 saturated heterocycles. The molecule has 0 aromatic rings. The Morgan fingerprint density at radius 3 is 2.29 bits per heavy atom. The number of hydrogen-bond donors (Lipinski definition) is 2. The van der Waals surface area contributed by atoms with Crippen molar-refractivity contribution >= 4 is 15.9 Å². The molecule has 0 radical (unpaired) electrons. The van der Waals surface area contributed by atoms with E-state index in [4.69, 9.17) is 5.14 Å². The van der Waals surface area contributed by atoms with Crippen LogP contribution in [0.15, 0.2) is 0 Å². The van der Waals surface area contributed by atoms with Crippen LogP contribution in [-0.4, -0.2) is 26.6 Å². The molecule has 0 bridgehead atoms. The maximum absolute atomic E-state index is 11.8. The number of nitrogens with two attached hydrogens (primary N) is 1. The molecule has 0 aromatic carbocycles. The van der Waals surface area contributed by atoms with E-state index in [0.717, 1.165) is 25.7 Å². The maximum Gasteiger partial charge on any atom is 0.223 e. The smallest absolute Gasteiger partial charge is 0.223 e. The summed E-state index contributed by atoms with van der Waals surface area (Å²) in [6.45, 7) is 0.395. The molecule has 1 saturated carbocycles. The van der Waals surface area contributed by atoms with Crippen molar-refractivity contribution < 1.29 is 13.2 Å². The summed E-state index contributed by atoms with van der Waals surface area (Å²) < 4.78 is 21.4. The van der Waals surface area contributed by atoms with Gasteiger partial charge in [0, 0.05) is 12.5 Å². The van der Waals surface area contributed by atoms with Crippen molar-refractivity contribution in [3.05, 3.63) is 0 Å². The van der Waals surface area contributed by atoms with Crippen LogP contribution in [0.3, 0.4) is 0 Å². The maximum atomic E-state index is 11.8. The van der Waals surface area contributed by atoms with E-state index in [2.05, 4.69) is 5.32 Å². The zero-order valence-electron chi connectivity index (χ0n) is 10.2. The number of hydrogen-bond acceptors (Lipinski definition) is 3. The van der Waals surface area contributed by atoms with Gasteiger partial charge in [0.1, 0.15) is 0 Å². The van der Waals surface area contributed by atoms with Gasteiger partial charge in [-0.05, 0) is 19.3 Å². The first-order chi connectivity index (χ1) is 7.99. The molecule has 0 aromatic heterocycles. The summed E-state index contributed by atoms with van der Waals surface area (Å²) in [6, 6.07) is 0. The molecule has 1 fully saturated rings. The van der Waals surface area contributed by atoms with E-state index in [1.165, 1.54) is 12.8 Å². The van der Waals surface area contributed by atoms with Gasteiger partial charge >= 0.3 is 0 Å². The summed E-state index contributed by atoms with van der Waals surface area (Å²) >= 11 is 0. The number of sulfonamides is 1. The van der Waals surface area contributed by atoms with Crippen molar-refractivity contribution in [2.24, 2.45) is 11.1 Å². The first kappa shape index (κ1) is 14.4. The number of amides is 1. The van der Waals surface area contributed by atoms with Crippen LogP contribution in [0.25, 0.3) is 0 Å². The largest absolute Gasteiger partial charge is 0.356 e. The topological polar surface area (TPSA) is 89.3 Å². The van der Waals surface area contributed by atoms with Crippen molar-refractivity contribution in [3.8, 4) is 0 Å². The fourth-order valence-corrected chi connectivity index (χ4v) is 2.72. The zero-order valence-corrected chi connectivity index (χ0v) is 11.0. The van der Waals surface area contributed by atoms with E-state index in [1.807, 2.05) is 0 Å². The average Bonchev–Trinajstić information content (AvgIpc) is 2.51. The summed E-state index contributed by atoms with van der Waals surface area (Å²) in [5.74, 6) is 0.117. The van der Waals surface area contributed by atoms with Crippen LogP contribution in [0.2, 0.25) is 0 Å². The lowest BCUT2D eigenvalue weighted by atomic mass is 9.99. The molecule has 0 heterocycles. The second kappa shape index (κ2) is 6.96. The molecule has 0 atom stereocenters. The number of rotatable bonds is 5. The molecule has 1 aliphatic rings. The Kier molecular flexibility index (Phi) is 5.91. The zero-order chi connectivity index (χ0) is 12.7. The SMILES string of the molecule is NS(=O)(=O)CCCNC(=O)C1CCCCCC1. The van der Waals surface area contributed by atoms with E-state index in [9.17, 15) is 13.2 Å². The van der Waals surface area contributed by atoms with Gasteiger partial charge in [-0.1, -0.05) is 25.7 Å². The van der Waals surface area contributed by atoms with Gasteiger partial charge in [0.2, 0.25) is 15.9 Å². The van der Waals surface area contributed by atoms with Crippen LogP contribution in [0, 0.1) is 5.92 Å². The molecule has 0 spiro atoms. The van der Waals surface area contributed by atoms with Gasteiger partial charge in [0.15, 0.2) is 0 Å². The molecule has 1 amide bonds. The van der Waals surface area contributed by atoms with Gasteiger partial charge in [0.25, 0.3) is 0 Å². The van der Waals surface area contributed by atoms with Crippen LogP contribution in [0.1, 0.15) is 44.9 Å². The van der Waals surface area contributed by atoms with Crippen molar-refractivity contribution in [3.63, 3.8) is 0 Å². The monoisotopic (exact) mass is 262 g/mol. The normalized spacial score (nSPS) is 18.6. The Morgan fingerprint density at radius 1 is 1.18 bits per heavy atom. The van der Waals surface area contributed by atoms with Crippen molar-refractivity contribution in [2.75, 3.05) is 12.3 Å². The molecule has 5 nitrogen and oxygen atoms in total. The third-order valence-electron chi connectivity index (χ3n) is 3.13. The lowest BCUT2D eigenvalue weighted by Gasteiger charge is -2.13. The Morgan fingerprint density at radius 2 is 1.76 bits per heavy atom. The molecule has 0 aliphatic heterocycles. The standard InChI is InChI=1S/C11H22N2O3S/c12-17(15,16)9-5-8-13-11(14)10-6-3-1-2-4-7-10/h10H,1-9H2,(H,13,14)(H2,12,15,16). The van der Waals surface area contributed by atoms with Gasteiger partial charge in [-0.25, -0.2) is 13.6 Å². The predicted molar refractivity (Wildman–Crippen MR) is 66.8 cm³/mol. The lowest BCUT2D eigenvalue weighted by molar-refractivity contribution is -0.125. The summed E-state index contributed by atoms with van der Waals surface area (Å²) in [6.07, 6.45) is 6.98. The molecule has 3 N–H and O–H groups in total. The molecule has 17 heavy (non-hydrogen) atoms. The number of primary sulfonamides is 1. The summed E-state index contributed by atoms with van der Waals surface area (Å²) in [5, 5.41) is 7.67. The van der Waals surface area contributed by atoms with Gasteiger partial charge in [0.05, 0.1) is 5.75 Å². The highest BCUT2D eigenvalue weighted by atomic mass is 32.2. The second-order valence-electron chi connectivity index (χ2n) is 4.70. The van der Waals surface area contributed by atoms with E-state index in [1.54, 1.807) is 0 Å². The third kappa shape index (κ3) is 6.63. The Hall–Kier alpha value is -0.620. The Bertz CT molecular complexity index is 333. The number of carbonyl (C=O) groups excluding carboxylic acids is 1. The predicted octanol–water partition coefficient (Wildman–Crippen LogP) is 0.752. The van der Waals surface area contributed by atoms with Crippen LogP contribution >= 0.6 is 0 Å². The van der Waals surface area contributed by atoms with Crippen LogP contribution in [0.4, 0.5) is 0 Å². The van der Waals surface area contributed by atoms with Crippen molar-refractivity contribution in [1.29, 1.82) is 0 Å². The molecular weight excluding hydrogens is 240 g/mol. The first-order valence-electron chi connectivity index (χ1n) is 6.27. The van der Waals surface area contributed by atoms with Crippen LogP contribution in [0.5, 0.6) is 0 Å². The highest BCUT2D eigenvalue weighted by Gasteiger charge is 2.19. The highest BCUT2D eigenvalue weighted by molar-refractivity contribution is 7.89. The molecule has 1 aliphatic carbocycles. The van der Waals surface area contributed by atoms with Gasteiger partial charge in [-0.3, -0.25) is 4.79 Å². The Labute approximate surface area is 103 Å². The summed E-state index contributed by atoms with van der Waals surface area (Å²) in [7, 11) is -3.40. The highest BCUT2D eigenvalue weighted by Crippen LogP contribution is 2.22. The summed E-state index contributed by atoms with van der Waals surface area (Å²) in [4.78, 5) is 11.8. The van der Waals surface area contributed by atoms with E-state index < -0.39 is 10.0 Å². The Balaban J connectivity index is 2.19. The van der Waals surface area contributed by atoms with Gasteiger partial charge < -0.3 is 5.32 Å². The lowest BCUT2D eigenvalue weighted by Crippen LogP contribution is -2.32. The first-order valence-corrected chi connectivity index (χ1v) is 7.99. The fourth-order valence-electron chi connectivity index (χ4n) is 2.17. The average molecular weight is 262 g/mol. The third-order valence-corrected chi connectivity index (χ3v) is 3.99. The van der Waals surface area contributed by atoms with Gasteiger partial charge in [-0.2, -0.15) is 0 Å². The minimum absolute atomic E-state index is 0.0707. The summed E-state index contributed by atoms with van der Waals surface area (Å²) in [5.41, 5.74) is 0. The molecular formula is C11H22N2O3S. The quantitative estimate of drug-likeness (QED) is 0.566. The molecule has 6 heteroatoms. The molecule has 1 rings (SSSR count). The van der Waals surface area contributed by atoms with E-state index >= 15 is 0 Å². The van der Waals surface area contributed by atoms with E-state index in [0.29, 0.717) is 13.0 Å². The van der Waals surface area contributed by atoms with Crippen molar-refractivity contribution in [2.45, 2.75) is 44.9 Å². The molecule has 100 valence electrons. The molecule has 0 unspecified atom stereocenters. The van der Waals surface area contributed by atoms with Crippen molar-refractivity contribution in [1.82, 2.24) is 5.32 Å².